The molecule has 0 bridgehead atoms. The molecule has 2 aromatic rings. The topological polar surface area (TPSA) is 85.2 Å². The van der Waals surface area contributed by atoms with Gasteiger partial charge in [-0.15, -0.1) is 0 Å². The molecule has 26 heavy (non-hydrogen) atoms. The van der Waals surface area contributed by atoms with Crippen LogP contribution in [0.5, 0.6) is 0 Å². The van der Waals surface area contributed by atoms with E-state index in [1.165, 1.54) is 0 Å². The van der Waals surface area contributed by atoms with Crippen LogP contribution in [-0.4, -0.2) is 24.9 Å². The summed E-state index contributed by atoms with van der Waals surface area (Å²) in [5.74, 6) is -1.50. The zero-order valence-corrected chi connectivity index (χ0v) is 15.2. The summed E-state index contributed by atoms with van der Waals surface area (Å²) < 4.78 is 0. The van der Waals surface area contributed by atoms with E-state index in [4.69, 9.17) is 5.26 Å². The van der Waals surface area contributed by atoms with Crippen LogP contribution < -0.4 is 15.5 Å². The number of carbonyl (C=O) groups is 2. The maximum absolute atomic E-state index is 12.1. The monoisotopic (exact) mass is 350 g/mol. The number of hydrogen-bond acceptors (Lipinski definition) is 4. The zero-order chi connectivity index (χ0) is 19.1. The van der Waals surface area contributed by atoms with Gasteiger partial charge in [-0.2, -0.15) is 5.26 Å². The van der Waals surface area contributed by atoms with Gasteiger partial charge in [-0.3, -0.25) is 9.59 Å². The average Bonchev–Trinajstić information content (AvgIpc) is 2.65. The van der Waals surface area contributed by atoms with Crippen LogP contribution in [-0.2, 0) is 9.59 Å². The molecule has 0 saturated carbocycles. The minimum Gasteiger partial charge on any atom is -0.372 e. The standard InChI is InChI=1S/C20H22N4O2/c1-4-24(5-2)17-10-11-18(14(3)12-17)23-20(26)19(25)22-16-8-6-15(13-21)7-9-16/h6-12H,4-5H2,1-3H3,(H,22,25)(H,23,26). The third kappa shape index (κ3) is 4.61. The lowest BCUT2D eigenvalue weighted by Crippen LogP contribution is -2.29. The fourth-order valence-corrected chi connectivity index (χ4v) is 2.57. The van der Waals surface area contributed by atoms with E-state index in [1.807, 2.05) is 25.1 Å². The van der Waals surface area contributed by atoms with Crippen LogP contribution in [0, 0.1) is 18.3 Å². The molecule has 2 amide bonds. The average molecular weight is 350 g/mol. The number of anilines is 3. The van der Waals surface area contributed by atoms with Gasteiger partial charge in [0, 0.05) is 30.2 Å². The van der Waals surface area contributed by atoms with Crippen LogP contribution in [0.15, 0.2) is 42.5 Å². The summed E-state index contributed by atoms with van der Waals surface area (Å²) >= 11 is 0. The molecule has 0 radical (unpaired) electrons. The first-order valence-corrected chi connectivity index (χ1v) is 8.46. The highest BCUT2D eigenvalue weighted by atomic mass is 16.2. The van der Waals surface area contributed by atoms with Gasteiger partial charge >= 0.3 is 11.8 Å². The Bertz CT molecular complexity index is 834. The number of hydrogen-bond donors (Lipinski definition) is 2. The Labute approximate surface area is 153 Å². The molecule has 6 heteroatoms. The molecule has 0 aromatic heterocycles. The van der Waals surface area contributed by atoms with E-state index in [0.29, 0.717) is 16.9 Å². The highest BCUT2D eigenvalue weighted by molar-refractivity contribution is 6.43. The summed E-state index contributed by atoms with van der Waals surface area (Å²) in [7, 11) is 0. The van der Waals surface area contributed by atoms with E-state index in [1.54, 1.807) is 30.3 Å². The minimum atomic E-state index is -0.762. The van der Waals surface area contributed by atoms with E-state index < -0.39 is 11.8 Å². The Hall–Kier alpha value is -3.33. The van der Waals surface area contributed by atoms with E-state index in [2.05, 4.69) is 29.4 Å². The molecule has 0 unspecified atom stereocenters. The molecule has 2 N–H and O–H groups in total. The van der Waals surface area contributed by atoms with Crippen molar-refractivity contribution in [2.75, 3.05) is 28.6 Å². The molecular formula is C20H22N4O2. The van der Waals surface area contributed by atoms with E-state index in [-0.39, 0.29) is 0 Å². The second-order valence-corrected chi connectivity index (χ2v) is 5.77. The fraction of sp³-hybridized carbons (Fsp3) is 0.250. The first-order valence-electron chi connectivity index (χ1n) is 8.46. The summed E-state index contributed by atoms with van der Waals surface area (Å²) in [4.78, 5) is 26.4. The Morgan fingerprint density at radius 3 is 2.15 bits per heavy atom. The first kappa shape index (κ1) is 19.0. The van der Waals surface area contributed by atoms with E-state index in [0.717, 1.165) is 24.3 Å². The number of carbonyl (C=O) groups excluding carboxylic acids is 2. The van der Waals surface area contributed by atoms with Crippen LogP contribution in [0.4, 0.5) is 17.1 Å². The molecule has 0 fully saturated rings. The number of nitrogens with zero attached hydrogens (tertiary/aromatic N) is 2. The van der Waals surface area contributed by atoms with Gasteiger partial charge in [-0.05, 0) is 68.8 Å². The summed E-state index contributed by atoms with van der Waals surface area (Å²) in [6, 6.07) is 14.0. The smallest absolute Gasteiger partial charge is 0.314 e. The van der Waals surface area contributed by atoms with Gasteiger partial charge in [0.05, 0.1) is 11.6 Å². The van der Waals surface area contributed by atoms with Crippen LogP contribution >= 0.6 is 0 Å². The van der Waals surface area contributed by atoms with Crippen LogP contribution in [0.2, 0.25) is 0 Å². The molecule has 6 nitrogen and oxygen atoms in total. The molecule has 0 aliphatic rings. The number of rotatable bonds is 5. The third-order valence-corrected chi connectivity index (χ3v) is 4.06. The molecule has 0 aliphatic carbocycles. The van der Waals surface area contributed by atoms with Crippen molar-refractivity contribution in [1.29, 1.82) is 5.26 Å². The van der Waals surface area contributed by atoms with Gasteiger partial charge < -0.3 is 15.5 Å². The van der Waals surface area contributed by atoms with Gasteiger partial charge in [-0.1, -0.05) is 0 Å². The predicted molar refractivity (Wildman–Crippen MR) is 103 cm³/mol. The van der Waals surface area contributed by atoms with E-state index >= 15 is 0 Å². The lowest BCUT2D eigenvalue weighted by atomic mass is 10.1. The predicted octanol–water partition coefficient (Wildman–Crippen LogP) is 3.29. The minimum absolute atomic E-state index is 0.456. The zero-order valence-electron chi connectivity index (χ0n) is 15.2. The van der Waals surface area contributed by atoms with Crippen molar-refractivity contribution >= 4 is 28.9 Å². The fourth-order valence-electron chi connectivity index (χ4n) is 2.57. The van der Waals surface area contributed by atoms with E-state index in [9.17, 15) is 9.59 Å². The first-order chi connectivity index (χ1) is 12.5. The molecule has 134 valence electrons. The Morgan fingerprint density at radius 2 is 1.62 bits per heavy atom. The highest BCUT2D eigenvalue weighted by Crippen LogP contribution is 2.22. The number of nitriles is 1. The number of aryl methyl sites for hydroxylation is 1. The molecule has 0 atom stereocenters. The van der Waals surface area contributed by atoms with Crippen molar-refractivity contribution in [2.24, 2.45) is 0 Å². The van der Waals surface area contributed by atoms with Crippen molar-refractivity contribution in [3.8, 4) is 6.07 Å². The Morgan fingerprint density at radius 1 is 1.00 bits per heavy atom. The van der Waals surface area contributed by atoms with Crippen molar-refractivity contribution < 1.29 is 9.59 Å². The van der Waals surface area contributed by atoms with Crippen LogP contribution in [0.1, 0.15) is 25.0 Å². The quantitative estimate of drug-likeness (QED) is 0.810. The molecule has 0 heterocycles. The van der Waals surface area contributed by atoms with Crippen LogP contribution in [0.3, 0.4) is 0 Å². The van der Waals surface area contributed by atoms with Crippen LogP contribution in [0.25, 0.3) is 0 Å². The summed E-state index contributed by atoms with van der Waals surface area (Å²) in [6.07, 6.45) is 0. The van der Waals surface area contributed by atoms with Gasteiger partial charge in [0.25, 0.3) is 0 Å². The maximum atomic E-state index is 12.1. The third-order valence-electron chi connectivity index (χ3n) is 4.06. The summed E-state index contributed by atoms with van der Waals surface area (Å²) in [5.41, 5.74) is 3.50. The number of nitrogens with one attached hydrogen (secondary N) is 2. The van der Waals surface area contributed by atoms with Crippen molar-refractivity contribution in [2.45, 2.75) is 20.8 Å². The van der Waals surface area contributed by atoms with Crippen molar-refractivity contribution in [3.63, 3.8) is 0 Å². The lowest BCUT2D eigenvalue weighted by Gasteiger charge is -2.22. The molecule has 2 rings (SSSR count). The van der Waals surface area contributed by atoms with Gasteiger partial charge in [0.2, 0.25) is 0 Å². The number of benzene rings is 2. The SMILES string of the molecule is CCN(CC)c1ccc(NC(=O)C(=O)Nc2ccc(C#N)cc2)c(C)c1. The second-order valence-electron chi connectivity index (χ2n) is 5.77. The van der Waals surface area contributed by atoms with Gasteiger partial charge in [0.15, 0.2) is 0 Å². The normalized spacial score (nSPS) is 9.92. The van der Waals surface area contributed by atoms with Crippen molar-refractivity contribution in [3.05, 3.63) is 53.6 Å². The molecular weight excluding hydrogens is 328 g/mol. The highest BCUT2D eigenvalue weighted by Gasteiger charge is 2.15. The maximum Gasteiger partial charge on any atom is 0.314 e. The largest absolute Gasteiger partial charge is 0.372 e. The van der Waals surface area contributed by atoms with Crippen molar-refractivity contribution in [1.82, 2.24) is 0 Å². The van der Waals surface area contributed by atoms with Gasteiger partial charge in [0.1, 0.15) is 0 Å². The lowest BCUT2D eigenvalue weighted by molar-refractivity contribution is -0.133. The molecule has 0 spiro atoms. The Balaban J connectivity index is 2.04. The summed E-state index contributed by atoms with van der Waals surface area (Å²) in [5, 5.41) is 13.9. The molecule has 0 saturated heterocycles. The molecule has 2 aromatic carbocycles. The second kappa shape index (κ2) is 8.67. The number of amides is 2. The van der Waals surface area contributed by atoms with Gasteiger partial charge in [-0.25, -0.2) is 0 Å². The summed E-state index contributed by atoms with van der Waals surface area (Å²) in [6.45, 7) is 7.86. The molecule has 0 aliphatic heterocycles. The Kier molecular flexibility index (Phi) is 6.34.